The first-order valence-corrected chi connectivity index (χ1v) is 15.3. The van der Waals surface area contributed by atoms with E-state index in [0.717, 1.165) is 7.11 Å². The maximum Gasteiger partial charge on any atom is 0.411 e. The normalized spacial score (nSPS) is 26.7. The Morgan fingerprint density at radius 1 is 1.37 bits per heavy atom. The SMILES string of the molecule is C#C/C=C\C#C[C@H](O[C@H]1C[C@@H](O)C[C@@H](C)O1)C1=C(NC(=O)OC)C(=O)C[C@](C)(O)/C1=C/CSSC(C)(C)CC(N)=O. The quantitative estimate of drug-likeness (QED) is 0.166. The second-order valence-corrected chi connectivity index (χ2v) is 13.5. The van der Waals surface area contributed by atoms with Crippen LogP contribution in [0.3, 0.4) is 0 Å². The van der Waals surface area contributed by atoms with E-state index in [-0.39, 0.29) is 36.6 Å². The highest BCUT2D eigenvalue weighted by Gasteiger charge is 2.43. The van der Waals surface area contributed by atoms with Gasteiger partial charge in [-0.05, 0) is 51.8 Å². The molecule has 0 bridgehead atoms. The van der Waals surface area contributed by atoms with E-state index in [1.165, 1.54) is 40.7 Å². The topological polar surface area (TPSA) is 157 Å². The smallest absolute Gasteiger partial charge is 0.411 e. The summed E-state index contributed by atoms with van der Waals surface area (Å²) in [5, 5.41) is 24.2. The minimum absolute atomic E-state index is 0.133. The summed E-state index contributed by atoms with van der Waals surface area (Å²) < 4.78 is 16.4. The van der Waals surface area contributed by atoms with Crippen molar-refractivity contribution in [3.05, 3.63) is 35.1 Å². The highest BCUT2D eigenvalue weighted by molar-refractivity contribution is 8.77. The van der Waals surface area contributed by atoms with Gasteiger partial charge in [0.1, 0.15) is 6.10 Å². The van der Waals surface area contributed by atoms with Gasteiger partial charge in [0.2, 0.25) is 5.91 Å². The van der Waals surface area contributed by atoms with Crippen LogP contribution in [0.1, 0.15) is 53.4 Å². The van der Waals surface area contributed by atoms with Crippen molar-refractivity contribution in [2.45, 2.75) is 88.3 Å². The van der Waals surface area contributed by atoms with Gasteiger partial charge in [0, 0.05) is 35.3 Å². The molecule has 0 aromatic carbocycles. The highest BCUT2D eigenvalue weighted by atomic mass is 33.1. The zero-order valence-corrected chi connectivity index (χ0v) is 25.5. The molecule has 2 amide bonds. The van der Waals surface area contributed by atoms with Gasteiger partial charge in [-0.3, -0.25) is 14.9 Å². The summed E-state index contributed by atoms with van der Waals surface area (Å²) in [5.74, 6) is 7.42. The maximum absolute atomic E-state index is 13.3. The van der Waals surface area contributed by atoms with Gasteiger partial charge in [-0.1, -0.05) is 45.4 Å². The molecule has 12 heteroatoms. The van der Waals surface area contributed by atoms with Crippen molar-refractivity contribution >= 4 is 39.4 Å². The van der Waals surface area contributed by atoms with E-state index >= 15 is 0 Å². The Bertz CT molecular complexity index is 1180. The number of allylic oxidation sites excluding steroid dienone is 3. The number of terminal acetylenes is 1. The lowest BCUT2D eigenvalue weighted by Gasteiger charge is -2.38. The third-order valence-electron chi connectivity index (χ3n) is 6.06. The zero-order valence-electron chi connectivity index (χ0n) is 23.9. The van der Waals surface area contributed by atoms with Gasteiger partial charge in [0.05, 0.1) is 30.6 Å². The van der Waals surface area contributed by atoms with E-state index in [1.807, 2.05) is 13.8 Å². The number of Topliss-reactive ketones (excluding diaryl/α,β-unsaturated/α-hetero) is 1. The molecule has 1 aliphatic carbocycles. The van der Waals surface area contributed by atoms with Crippen molar-refractivity contribution in [2.75, 3.05) is 12.9 Å². The predicted octanol–water partition coefficient (Wildman–Crippen LogP) is 2.75. The Balaban J connectivity index is 2.61. The van der Waals surface area contributed by atoms with Crippen molar-refractivity contribution in [1.29, 1.82) is 0 Å². The maximum atomic E-state index is 13.3. The molecule has 5 atom stereocenters. The summed E-state index contributed by atoms with van der Waals surface area (Å²) in [6, 6.07) is 0. The molecule has 1 fully saturated rings. The van der Waals surface area contributed by atoms with E-state index < -0.39 is 46.6 Å². The van der Waals surface area contributed by atoms with Crippen LogP contribution in [-0.2, 0) is 23.8 Å². The summed E-state index contributed by atoms with van der Waals surface area (Å²) in [6.07, 6.45) is 6.32. The second-order valence-electron chi connectivity index (χ2n) is 10.5. The van der Waals surface area contributed by atoms with Crippen molar-refractivity contribution < 1.29 is 38.8 Å². The van der Waals surface area contributed by atoms with E-state index in [1.54, 1.807) is 13.0 Å². The third-order valence-corrected chi connectivity index (χ3v) is 9.19. The summed E-state index contributed by atoms with van der Waals surface area (Å²) in [6.45, 7) is 7.08. The van der Waals surface area contributed by atoms with Gasteiger partial charge in [0.15, 0.2) is 12.1 Å². The Labute approximate surface area is 249 Å². The van der Waals surface area contributed by atoms with Crippen LogP contribution < -0.4 is 11.1 Å². The first-order valence-electron chi connectivity index (χ1n) is 12.9. The predicted molar refractivity (Wildman–Crippen MR) is 159 cm³/mol. The summed E-state index contributed by atoms with van der Waals surface area (Å²) in [4.78, 5) is 37.0. The minimum Gasteiger partial charge on any atom is -0.453 e. The van der Waals surface area contributed by atoms with Gasteiger partial charge >= 0.3 is 6.09 Å². The summed E-state index contributed by atoms with van der Waals surface area (Å²) in [5.41, 5.74) is 4.04. The fourth-order valence-electron chi connectivity index (χ4n) is 4.42. The molecule has 41 heavy (non-hydrogen) atoms. The molecule has 0 spiro atoms. The number of ether oxygens (including phenoxy) is 3. The lowest BCUT2D eigenvalue weighted by molar-refractivity contribution is -0.216. The molecule has 5 N–H and O–H groups in total. The Kier molecular flexibility index (Phi) is 13.0. The molecule has 1 aliphatic heterocycles. The number of methoxy groups -OCH3 is 1. The first-order chi connectivity index (χ1) is 19.2. The van der Waals surface area contributed by atoms with Crippen LogP contribution in [0.25, 0.3) is 0 Å². The largest absolute Gasteiger partial charge is 0.453 e. The third kappa shape index (κ3) is 10.9. The van der Waals surface area contributed by atoms with E-state index in [2.05, 4.69) is 23.1 Å². The molecule has 0 aromatic heterocycles. The van der Waals surface area contributed by atoms with Crippen LogP contribution in [0.4, 0.5) is 4.79 Å². The van der Waals surface area contributed by atoms with Crippen LogP contribution >= 0.6 is 21.6 Å². The van der Waals surface area contributed by atoms with Crippen LogP contribution in [0, 0.1) is 24.2 Å². The number of amides is 2. The van der Waals surface area contributed by atoms with Crippen LogP contribution in [0.5, 0.6) is 0 Å². The fourth-order valence-corrected chi connectivity index (χ4v) is 6.79. The number of hydrogen-bond acceptors (Lipinski definition) is 10. The number of hydrogen-bond donors (Lipinski definition) is 4. The van der Waals surface area contributed by atoms with Gasteiger partial charge in [-0.15, -0.1) is 6.42 Å². The molecule has 224 valence electrons. The molecule has 1 saturated heterocycles. The molecule has 1 heterocycles. The molecule has 2 aliphatic rings. The number of aliphatic hydroxyl groups excluding tert-OH is 1. The minimum atomic E-state index is -1.64. The molecule has 0 saturated carbocycles. The number of nitrogens with two attached hydrogens (primary N) is 1. The summed E-state index contributed by atoms with van der Waals surface area (Å²) >= 11 is 0. The molecule has 0 radical (unpaired) electrons. The number of primary amides is 1. The number of aliphatic hydroxyl groups is 2. The Hall–Kier alpha value is -2.71. The molecule has 0 aromatic rings. The second kappa shape index (κ2) is 15.5. The fraction of sp³-hybridized carbons (Fsp3) is 0.552. The van der Waals surface area contributed by atoms with Gasteiger partial charge < -0.3 is 30.2 Å². The highest BCUT2D eigenvalue weighted by Crippen LogP contribution is 2.41. The van der Waals surface area contributed by atoms with Crippen molar-refractivity contribution in [1.82, 2.24) is 5.32 Å². The van der Waals surface area contributed by atoms with Crippen molar-refractivity contribution in [2.24, 2.45) is 5.73 Å². The van der Waals surface area contributed by atoms with Gasteiger partial charge in [-0.25, -0.2) is 4.79 Å². The average Bonchev–Trinajstić information content (AvgIpc) is 2.84. The molecule has 2 rings (SSSR count). The monoisotopic (exact) mass is 606 g/mol. The Morgan fingerprint density at radius 3 is 2.68 bits per heavy atom. The lowest BCUT2D eigenvalue weighted by atomic mass is 9.76. The van der Waals surface area contributed by atoms with E-state index in [4.69, 9.17) is 26.4 Å². The average molecular weight is 607 g/mol. The Morgan fingerprint density at radius 2 is 2.07 bits per heavy atom. The van der Waals surface area contributed by atoms with Gasteiger partial charge in [-0.2, -0.15) is 0 Å². The number of rotatable bonds is 10. The lowest BCUT2D eigenvalue weighted by Crippen LogP contribution is -2.45. The number of alkyl carbamates (subject to hydrolysis) is 1. The number of carbonyl (C=O) groups is 3. The standard InChI is InChI=1S/C29H38N2O8S2/c1-7-8-9-10-11-22(39-24-15-19(32)14-18(2)38-24)25-20(12-13-40-41-28(3,4)17-23(30)34)29(5,36)16-21(33)26(25)31-27(35)37-6/h1,8-9,12,18-19,22,24,32,36H,13-17H2,2-6H3,(H2,30,34)(H,31,35)/b9-8-,20-12+/t18-,19+,22+,24+,29+/m1/s1. The number of nitrogens with one attached hydrogen (secondary N) is 1. The zero-order chi connectivity index (χ0) is 30.8. The van der Waals surface area contributed by atoms with Crippen molar-refractivity contribution in [3.8, 4) is 24.2 Å². The van der Waals surface area contributed by atoms with E-state index in [0.29, 0.717) is 17.7 Å². The van der Waals surface area contributed by atoms with Crippen molar-refractivity contribution in [3.63, 3.8) is 0 Å². The van der Waals surface area contributed by atoms with E-state index in [9.17, 15) is 24.6 Å². The van der Waals surface area contributed by atoms with Crippen LogP contribution in [0.15, 0.2) is 35.1 Å². The molecular weight excluding hydrogens is 568 g/mol. The number of carbonyl (C=O) groups excluding carboxylic acids is 3. The van der Waals surface area contributed by atoms with Gasteiger partial charge in [0.25, 0.3) is 0 Å². The first kappa shape index (κ1) is 34.5. The molecule has 10 nitrogen and oxygen atoms in total. The summed E-state index contributed by atoms with van der Waals surface area (Å²) in [7, 11) is 4.04. The molecular formula is C29H38N2O8S2. The number of ketones is 1. The van der Waals surface area contributed by atoms with Crippen LogP contribution in [0.2, 0.25) is 0 Å². The van der Waals surface area contributed by atoms with Crippen LogP contribution in [-0.4, -0.2) is 75.8 Å². The molecule has 0 unspecified atom stereocenters.